The van der Waals surface area contributed by atoms with Crippen molar-refractivity contribution >= 4 is 0 Å². The molecule has 1 saturated heterocycles. The van der Waals surface area contributed by atoms with Crippen LogP contribution in [0.2, 0.25) is 0 Å². The van der Waals surface area contributed by atoms with E-state index in [4.69, 9.17) is 25.5 Å². The summed E-state index contributed by atoms with van der Waals surface area (Å²) in [6, 6.07) is 0. The summed E-state index contributed by atoms with van der Waals surface area (Å²) >= 11 is 0. The van der Waals surface area contributed by atoms with Crippen LogP contribution in [-0.2, 0) is 4.74 Å². The molecule has 21 heavy (non-hydrogen) atoms. The van der Waals surface area contributed by atoms with Crippen LogP contribution < -0.4 is 11.2 Å². The Balaban J connectivity index is 0.000000219. The lowest BCUT2D eigenvalue weighted by Gasteiger charge is -2.37. The first-order valence-corrected chi connectivity index (χ1v) is 6.05. The second kappa shape index (κ2) is 7.45. The van der Waals surface area contributed by atoms with E-state index in [9.17, 15) is 9.59 Å². The van der Waals surface area contributed by atoms with Gasteiger partial charge in [-0.1, -0.05) is 0 Å². The molecule has 1 aromatic heterocycles. The van der Waals surface area contributed by atoms with Gasteiger partial charge >= 0.3 is 5.69 Å². The molecule has 0 amide bonds. The lowest BCUT2D eigenvalue weighted by atomic mass is 10.00. The van der Waals surface area contributed by atoms with Crippen LogP contribution in [0.1, 0.15) is 5.56 Å². The molecule has 120 valence electrons. The van der Waals surface area contributed by atoms with Crippen LogP contribution >= 0.6 is 0 Å². The Morgan fingerprint density at radius 1 is 1.14 bits per heavy atom. The number of H-pyrrole nitrogens is 2. The van der Waals surface area contributed by atoms with Crippen molar-refractivity contribution in [3.05, 3.63) is 32.6 Å². The van der Waals surface area contributed by atoms with Gasteiger partial charge in [-0.2, -0.15) is 0 Å². The summed E-state index contributed by atoms with van der Waals surface area (Å²) in [6.45, 7) is 1.09. The fourth-order valence-electron chi connectivity index (χ4n) is 1.56. The van der Waals surface area contributed by atoms with Gasteiger partial charge in [-0.3, -0.25) is 9.78 Å². The molecule has 1 aliphatic rings. The minimum absolute atomic E-state index is 0.334. The fraction of sp³-hybridized carbons (Fsp3) is 0.636. The maximum atomic E-state index is 10.6. The normalized spacial score (nSPS) is 32.2. The van der Waals surface area contributed by atoms with E-state index in [0.29, 0.717) is 5.56 Å². The molecule has 0 bridgehead atoms. The topological polar surface area (TPSA) is 176 Å². The highest BCUT2D eigenvalue weighted by atomic mass is 16.6. The zero-order chi connectivity index (χ0) is 16.2. The van der Waals surface area contributed by atoms with Gasteiger partial charge < -0.3 is 35.3 Å². The lowest BCUT2D eigenvalue weighted by Crippen LogP contribution is -2.58. The maximum absolute atomic E-state index is 10.6. The molecule has 7 N–H and O–H groups in total. The highest BCUT2D eigenvalue weighted by molar-refractivity contribution is 4.98. The first-order chi connectivity index (χ1) is 9.77. The van der Waals surface area contributed by atoms with Crippen molar-refractivity contribution < 1.29 is 30.3 Å². The summed E-state index contributed by atoms with van der Waals surface area (Å²) in [5, 5.41) is 44.7. The number of aryl methyl sites for hydroxylation is 1. The Kier molecular flexibility index (Phi) is 6.20. The number of rotatable bonds is 1. The summed E-state index contributed by atoms with van der Waals surface area (Å²) in [6.07, 6.45) is -5.66. The van der Waals surface area contributed by atoms with E-state index in [1.807, 2.05) is 0 Å². The second-order valence-electron chi connectivity index (χ2n) is 4.47. The third kappa shape index (κ3) is 4.46. The van der Waals surface area contributed by atoms with Gasteiger partial charge in [0.1, 0.15) is 24.4 Å². The van der Waals surface area contributed by atoms with E-state index in [2.05, 4.69) is 14.7 Å². The number of aromatic amines is 2. The Morgan fingerprint density at radius 3 is 2.24 bits per heavy atom. The van der Waals surface area contributed by atoms with Gasteiger partial charge in [0.15, 0.2) is 6.29 Å². The first kappa shape index (κ1) is 17.5. The van der Waals surface area contributed by atoms with Gasteiger partial charge in [0.05, 0.1) is 6.61 Å². The third-order valence-electron chi connectivity index (χ3n) is 2.87. The van der Waals surface area contributed by atoms with Crippen molar-refractivity contribution in [1.82, 2.24) is 9.97 Å². The SMILES string of the molecule is Cc1c[nH]c(=O)[nH]c1=O.OC[C@H]1OC(O)[C@H](O)[C@@H](O)[C@H]1O. The predicted octanol–water partition coefficient (Wildman–Crippen LogP) is -3.85. The van der Waals surface area contributed by atoms with Crippen LogP contribution in [0.15, 0.2) is 15.8 Å². The van der Waals surface area contributed by atoms with Crippen LogP contribution in [-0.4, -0.2) is 72.8 Å². The van der Waals surface area contributed by atoms with Crippen molar-refractivity contribution in [3.8, 4) is 0 Å². The summed E-state index contributed by atoms with van der Waals surface area (Å²) in [4.78, 5) is 25.3. The Hall–Kier alpha value is -1.56. The number of nitrogens with one attached hydrogen (secondary N) is 2. The van der Waals surface area contributed by atoms with Crippen molar-refractivity contribution in [3.63, 3.8) is 0 Å². The Bertz CT molecular complexity index is 551. The van der Waals surface area contributed by atoms with Crippen LogP contribution in [0, 0.1) is 6.92 Å². The first-order valence-electron chi connectivity index (χ1n) is 6.05. The second-order valence-corrected chi connectivity index (χ2v) is 4.47. The number of hydrogen-bond donors (Lipinski definition) is 7. The molecule has 10 heteroatoms. The molecule has 1 aliphatic heterocycles. The number of ether oxygens (including phenoxy) is 1. The summed E-state index contributed by atoms with van der Waals surface area (Å²) in [5.74, 6) is 0. The van der Waals surface area contributed by atoms with E-state index >= 15 is 0 Å². The van der Waals surface area contributed by atoms with Crippen LogP contribution in [0.25, 0.3) is 0 Å². The molecule has 5 atom stereocenters. The van der Waals surface area contributed by atoms with Crippen molar-refractivity contribution in [2.75, 3.05) is 6.61 Å². The largest absolute Gasteiger partial charge is 0.394 e. The van der Waals surface area contributed by atoms with E-state index in [1.165, 1.54) is 6.20 Å². The molecular formula is C11H18N2O8. The molecule has 2 heterocycles. The number of aliphatic hydroxyl groups excluding tert-OH is 5. The molecule has 0 spiro atoms. The highest BCUT2D eigenvalue weighted by Gasteiger charge is 2.42. The summed E-state index contributed by atoms with van der Waals surface area (Å²) in [7, 11) is 0. The predicted molar refractivity (Wildman–Crippen MR) is 68.4 cm³/mol. The summed E-state index contributed by atoms with van der Waals surface area (Å²) < 4.78 is 4.58. The van der Waals surface area contributed by atoms with Gasteiger partial charge in [-0.05, 0) is 6.92 Å². The quantitative estimate of drug-likeness (QED) is 0.276. The number of aromatic nitrogens is 2. The molecule has 0 aliphatic carbocycles. The summed E-state index contributed by atoms with van der Waals surface area (Å²) in [5.41, 5.74) is -0.293. The van der Waals surface area contributed by atoms with Gasteiger partial charge in [-0.15, -0.1) is 0 Å². The highest BCUT2D eigenvalue weighted by Crippen LogP contribution is 2.18. The molecule has 1 aromatic rings. The average Bonchev–Trinajstić information content (AvgIpc) is 2.45. The third-order valence-corrected chi connectivity index (χ3v) is 2.87. The van der Waals surface area contributed by atoms with Crippen LogP contribution in [0.4, 0.5) is 0 Å². The fourth-order valence-corrected chi connectivity index (χ4v) is 1.56. The molecule has 0 aromatic carbocycles. The lowest BCUT2D eigenvalue weighted by molar-refractivity contribution is -0.286. The minimum Gasteiger partial charge on any atom is -0.394 e. The zero-order valence-corrected chi connectivity index (χ0v) is 11.1. The van der Waals surface area contributed by atoms with Gasteiger partial charge in [0.2, 0.25) is 0 Å². The van der Waals surface area contributed by atoms with E-state index in [1.54, 1.807) is 6.92 Å². The van der Waals surface area contributed by atoms with Crippen molar-refractivity contribution in [2.24, 2.45) is 0 Å². The number of aliphatic hydroxyl groups is 5. The minimum atomic E-state index is -1.57. The molecule has 2 rings (SSSR count). The van der Waals surface area contributed by atoms with Crippen molar-refractivity contribution in [1.29, 1.82) is 0 Å². The smallest absolute Gasteiger partial charge is 0.325 e. The van der Waals surface area contributed by atoms with Crippen LogP contribution in [0.3, 0.4) is 0 Å². The Labute approximate surface area is 118 Å². The van der Waals surface area contributed by atoms with Gasteiger partial charge in [0, 0.05) is 11.8 Å². The standard InChI is InChI=1S/C6H12O6.C5H6N2O2/c7-1-2-3(8)4(9)5(10)6(11)12-2;1-3-2-6-5(9)7-4(3)8/h2-11H,1H2;2H,1H3,(H2,6,7,8,9)/t2-,3+,4+,5-,6?;/m1./s1. The van der Waals surface area contributed by atoms with Gasteiger partial charge in [-0.25, -0.2) is 4.79 Å². The molecule has 10 nitrogen and oxygen atoms in total. The average molecular weight is 306 g/mol. The van der Waals surface area contributed by atoms with E-state index in [-0.39, 0.29) is 5.56 Å². The molecular weight excluding hydrogens is 288 g/mol. The molecule has 1 fully saturated rings. The zero-order valence-electron chi connectivity index (χ0n) is 11.1. The van der Waals surface area contributed by atoms with Gasteiger partial charge in [0.25, 0.3) is 5.56 Å². The molecule has 1 unspecified atom stereocenters. The van der Waals surface area contributed by atoms with E-state index in [0.717, 1.165) is 0 Å². The monoisotopic (exact) mass is 306 g/mol. The maximum Gasteiger partial charge on any atom is 0.325 e. The molecule has 0 radical (unpaired) electrons. The van der Waals surface area contributed by atoms with Crippen molar-refractivity contribution in [2.45, 2.75) is 37.6 Å². The van der Waals surface area contributed by atoms with E-state index < -0.39 is 43.0 Å². The molecule has 0 saturated carbocycles. The van der Waals surface area contributed by atoms with Crippen LogP contribution in [0.5, 0.6) is 0 Å². The Morgan fingerprint density at radius 2 is 1.76 bits per heavy atom. The number of hydrogen-bond acceptors (Lipinski definition) is 8.